The molecule has 4 heterocycles. The predicted molar refractivity (Wildman–Crippen MR) is 307 cm³/mol. The van der Waals surface area contributed by atoms with Crippen LogP contribution in [0.5, 0.6) is 0 Å². The van der Waals surface area contributed by atoms with Gasteiger partial charge in [-0.1, -0.05) is 200 Å². The molecule has 4 aromatic heterocycles. The summed E-state index contributed by atoms with van der Waals surface area (Å²) in [5, 5.41) is 6.56. The molecule has 15 aromatic rings. The molecule has 0 bridgehead atoms. The van der Waals surface area contributed by atoms with Gasteiger partial charge in [0.1, 0.15) is 22.3 Å². The lowest BCUT2D eigenvalue weighted by atomic mass is 9.96. The second kappa shape index (κ2) is 17.3. The zero-order chi connectivity index (χ0) is 49.4. The lowest BCUT2D eigenvalue weighted by molar-refractivity contribution is 0.669. The normalized spacial score (nSPS) is 11.7. The number of furan rings is 2. The Balaban J connectivity index is 0.831. The summed E-state index contributed by atoms with van der Waals surface area (Å²) in [7, 11) is 0. The lowest BCUT2D eigenvalue weighted by Gasteiger charge is -2.10. The van der Waals surface area contributed by atoms with E-state index in [1.54, 1.807) is 0 Å². The molecule has 0 amide bonds. The molecule has 15 rings (SSSR count). The number of hydrogen-bond donors (Lipinski definition) is 0. The Bertz CT molecular complexity index is 4690. The maximum absolute atomic E-state index is 7.04. The van der Waals surface area contributed by atoms with Crippen molar-refractivity contribution < 1.29 is 8.83 Å². The van der Waals surface area contributed by atoms with Crippen molar-refractivity contribution in [2.24, 2.45) is 0 Å². The van der Waals surface area contributed by atoms with Gasteiger partial charge < -0.3 is 13.4 Å². The van der Waals surface area contributed by atoms with Crippen molar-refractivity contribution in [3.05, 3.63) is 255 Å². The minimum Gasteiger partial charge on any atom is -0.456 e. The molecular weight excluding hydrogens is 917 g/mol. The maximum atomic E-state index is 7.04. The summed E-state index contributed by atoms with van der Waals surface area (Å²) in [5.41, 5.74) is 18.1. The van der Waals surface area contributed by atoms with E-state index in [-0.39, 0.29) is 0 Å². The minimum absolute atomic E-state index is 0.542. The van der Waals surface area contributed by atoms with E-state index in [2.05, 4.69) is 217 Å². The maximum Gasteiger partial charge on any atom is 0.167 e. The minimum atomic E-state index is 0.542. The number of hydrogen-bond acceptors (Lipinski definition) is 5. The highest BCUT2D eigenvalue weighted by Gasteiger charge is 2.22. The van der Waals surface area contributed by atoms with Gasteiger partial charge in [-0.15, -0.1) is 0 Å². The van der Waals surface area contributed by atoms with Gasteiger partial charge >= 0.3 is 0 Å². The van der Waals surface area contributed by atoms with E-state index in [0.29, 0.717) is 17.5 Å². The van der Waals surface area contributed by atoms with E-state index in [9.17, 15) is 0 Å². The van der Waals surface area contributed by atoms with Crippen LogP contribution in [-0.4, -0.2) is 19.5 Å². The highest BCUT2D eigenvalue weighted by molar-refractivity contribution is 6.16. The largest absolute Gasteiger partial charge is 0.456 e. The van der Waals surface area contributed by atoms with Gasteiger partial charge in [0, 0.05) is 43.6 Å². The van der Waals surface area contributed by atoms with Crippen LogP contribution in [0.4, 0.5) is 0 Å². The number of para-hydroxylation sites is 3. The Hall–Kier alpha value is -10.2. The van der Waals surface area contributed by atoms with Gasteiger partial charge in [-0.3, -0.25) is 0 Å². The molecule has 11 aromatic carbocycles. The molecule has 6 nitrogen and oxygen atoms in total. The van der Waals surface area contributed by atoms with Crippen LogP contribution in [0.25, 0.3) is 150 Å². The zero-order valence-electron chi connectivity index (χ0n) is 40.4. The third-order valence-corrected chi connectivity index (χ3v) is 14.7. The lowest BCUT2D eigenvalue weighted by Crippen LogP contribution is -2.00. The van der Waals surface area contributed by atoms with Gasteiger partial charge in [0.05, 0.1) is 27.7 Å². The summed E-state index contributed by atoms with van der Waals surface area (Å²) in [6.45, 7) is 0. The summed E-state index contributed by atoms with van der Waals surface area (Å²) >= 11 is 0. The van der Waals surface area contributed by atoms with E-state index < -0.39 is 0 Å². The van der Waals surface area contributed by atoms with E-state index in [1.165, 1.54) is 21.9 Å². The molecule has 350 valence electrons. The van der Waals surface area contributed by atoms with Gasteiger partial charge in [-0.25, -0.2) is 15.0 Å². The standard InChI is InChI=1S/C69H42N4O2/c1-4-16-43(17-5-1)45-32-34-47(35-33-45)68-70-67(46-20-8-3-9-21-46)71-69(72-68)56-28-14-27-55-54-26-13-25-52(65(54)75-66(55)56)51-23-12-22-48(40-51)50-37-39-62-58(42-50)64-61(30-15-31-63(64)74-62)73-59-29-11-10-24-53(59)57-41-49(36-38-60(57)73)44-18-6-2-7-19-44/h1-42H. The molecular formula is C69H42N4O2. The van der Waals surface area contributed by atoms with Crippen molar-refractivity contribution in [2.45, 2.75) is 0 Å². The van der Waals surface area contributed by atoms with Gasteiger partial charge in [-0.05, 0) is 93.5 Å². The van der Waals surface area contributed by atoms with E-state index in [1.807, 2.05) is 42.5 Å². The summed E-state index contributed by atoms with van der Waals surface area (Å²) in [5.74, 6) is 1.72. The Morgan fingerprint density at radius 1 is 0.267 bits per heavy atom. The van der Waals surface area contributed by atoms with Crippen molar-refractivity contribution in [1.29, 1.82) is 0 Å². The highest BCUT2D eigenvalue weighted by atomic mass is 16.3. The van der Waals surface area contributed by atoms with Crippen molar-refractivity contribution in [3.63, 3.8) is 0 Å². The fourth-order valence-electron chi connectivity index (χ4n) is 11.1. The topological polar surface area (TPSA) is 69.9 Å². The molecule has 0 fully saturated rings. The van der Waals surface area contributed by atoms with Gasteiger partial charge in [0.2, 0.25) is 0 Å². The van der Waals surface area contributed by atoms with Crippen molar-refractivity contribution >= 4 is 65.7 Å². The first kappa shape index (κ1) is 42.5. The molecule has 0 unspecified atom stereocenters. The van der Waals surface area contributed by atoms with Crippen LogP contribution >= 0.6 is 0 Å². The Labute approximate surface area is 431 Å². The Morgan fingerprint density at radius 2 is 0.747 bits per heavy atom. The second-order valence-electron chi connectivity index (χ2n) is 19.1. The van der Waals surface area contributed by atoms with Crippen LogP contribution in [-0.2, 0) is 0 Å². The van der Waals surface area contributed by atoms with Crippen LogP contribution in [0.3, 0.4) is 0 Å². The third-order valence-electron chi connectivity index (χ3n) is 14.7. The third kappa shape index (κ3) is 7.14. The molecule has 0 aliphatic carbocycles. The van der Waals surface area contributed by atoms with E-state index >= 15 is 0 Å². The van der Waals surface area contributed by atoms with Crippen LogP contribution in [0, 0.1) is 0 Å². The summed E-state index contributed by atoms with van der Waals surface area (Å²) in [6, 6.07) is 89.3. The predicted octanol–water partition coefficient (Wildman–Crippen LogP) is 18.4. The number of rotatable bonds is 8. The van der Waals surface area contributed by atoms with Crippen LogP contribution in [0.2, 0.25) is 0 Å². The molecule has 0 saturated heterocycles. The molecule has 0 N–H and O–H groups in total. The van der Waals surface area contributed by atoms with E-state index in [0.717, 1.165) is 111 Å². The number of aromatic nitrogens is 4. The van der Waals surface area contributed by atoms with Gasteiger partial charge in [-0.2, -0.15) is 0 Å². The molecule has 75 heavy (non-hydrogen) atoms. The quantitative estimate of drug-likeness (QED) is 0.152. The monoisotopic (exact) mass is 958 g/mol. The van der Waals surface area contributed by atoms with Crippen LogP contribution in [0.15, 0.2) is 264 Å². The van der Waals surface area contributed by atoms with Crippen LogP contribution < -0.4 is 0 Å². The SMILES string of the molecule is c1ccc(-c2ccc(-c3nc(-c4ccccc4)nc(-c4cccc5c4oc4c(-c6cccc(-c7ccc8oc9cccc(-n%10c%11ccccc%11c%11cc(-c%12ccccc%12)ccc%11%10)c9c8c7)c6)cccc45)n3)cc2)cc1. The van der Waals surface area contributed by atoms with Gasteiger partial charge in [0.15, 0.2) is 17.5 Å². The average Bonchev–Trinajstić information content (AvgIpc) is 4.17. The number of fused-ring (bicyclic) bond motifs is 9. The molecule has 0 aliphatic rings. The average molecular weight is 959 g/mol. The molecule has 0 radical (unpaired) electrons. The van der Waals surface area contributed by atoms with E-state index in [4.69, 9.17) is 23.8 Å². The molecule has 0 aliphatic heterocycles. The first-order valence-electron chi connectivity index (χ1n) is 25.2. The molecule has 0 spiro atoms. The molecule has 0 saturated carbocycles. The second-order valence-corrected chi connectivity index (χ2v) is 19.1. The molecule has 0 atom stereocenters. The highest BCUT2D eigenvalue weighted by Crippen LogP contribution is 2.43. The Kier molecular flexibility index (Phi) is 9.78. The summed E-state index contributed by atoms with van der Waals surface area (Å²) in [4.78, 5) is 15.3. The summed E-state index contributed by atoms with van der Waals surface area (Å²) < 4.78 is 16.1. The fourth-order valence-corrected chi connectivity index (χ4v) is 11.1. The van der Waals surface area contributed by atoms with Crippen molar-refractivity contribution in [2.75, 3.05) is 0 Å². The smallest absolute Gasteiger partial charge is 0.167 e. The number of nitrogens with zero attached hydrogens (tertiary/aromatic N) is 4. The van der Waals surface area contributed by atoms with Crippen molar-refractivity contribution in [1.82, 2.24) is 19.5 Å². The Morgan fingerprint density at radius 3 is 1.51 bits per heavy atom. The van der Waals surface area contributed by atoms with Crippen LogP contribution in [0.1, 0.15) is 0 Å². The first-order valence-corrected chi connectivity index (χ1v) is 25.2. The van der Waals surface area contributed by atoms with Crippen molar-refractivity contribution in [3.8, 4) is 84.4 Å². The fraction of sp³-hybridized carbons (Fsp3) is 0. The molecule has 6 heteroatoms. The first-order chi connectivity index (χ1) is 37.2. The van der Waals surface area contributed by atoms with Gasteiger partial charge in [0.25, 0.3) is 0 Å². The zero-order valence-corrected chi connectivity index (χ0v) is 40.4. The number of benzene rings is 11. The summed E-state index contributed by atoms with van der Waals surface area (Å²) in [6.07, 6.45) is 0.